The standard InChI is InChI=1S/C12H22N2O/c1-4-10(9-15-5-2)12(13-3)11-7-6-8-14-11/h13H,4-9H2,1-3H3/b12-10+. The van der Waals surface area contributed by atoms with E-state index in [4.69, 9.17) is 4.74 Å². The van der Waals surface area contributed by atoms with E-state index in [1.165, 1.54) is 23.4 Å². The van der Waals surface area contributed by atoms with E-state index >= 15 is 0 Å². The molecule has 1 aliphatic heterocycles. The Bertz CT molecular complexity index is 256. The number of rotatable bonds is 6. The fraction of sp³-hybridized carbons (Fsp3) is 0.750. The Kier molecular flexibility index (Phi) is 5.40. The highest BCUT2D eigenvalue weighted by molar-refractivity contribution is 6.01. The molecule has 1 rings (SSSR count). The molecule has 0 bridgehead atoms. The number of allylic oxidation sites excluding steroid dienone is 1. The molecule has 3 nitrogen and oxygen atoms in total. The van der Waals surface area contributed by atoms with Crippen LogP contribution in [0.1, 0.15) is 33.1 Å². The fourth-order valence-electron chi connectivity index (χ4n) is 1.85. The highest BCUT2D eigenvalue weighted by Gasteiger charge is 2.14. The second-order valence-electron chi connectivity index (χ2n) is 3.65. The van der Waals surface area contributed by atoms with Crippen LogP contribution in [0.3, 0.4) is 0 Å². The van der Waals surface area contributed by atoms with E-state index in [9.17, 15) is 0 Å². The van der Waals surface area contributed by atoms with E-state index in [2.05, 4.69) is 17.2 Å². The van der Waals surface area contributed by atoms with Crippen molar-refractivity contribution in [2.45, 2.75) is 33.1 Å². The molecule has 86 valence electrons. The molecule has 1 heterocycles. The molecule has 3 heteroatoms. The van der Waals surface area contributed by atoms with Crippen LogP contribution in [0.15, 0.2) is 16.3 Å². The maximum atomic E-state index is 5.48. The smallest absolute Gasteiger partial charge is 0.0699 e. The third-order valence-corrected chi connectivity index (χ3v) is 2.67. The number of nitrogens with zero attached hydrogens (tertiary/aromatic N) is 1. The molecule has 1 N–H and O–H groups in total. The summed E-state index contributed by atoms with van der Waals surface area (Å²) in [7, 11) is 1.97. The second kappa shape index (κ2) is 6.62. The molecule has 0 amide bonds. The average molecular weight is 210 g/mol. The first kappa shape index (κ1) is 12.2. The summed E-state index contributed by atoms with van der Waals surface area (Å²) in [6.45, 7) is 6.67. The van der Waals surface area contributed by atoms with Crippen LogP contribution in [-0.2, 0) is 4.74 Å². The summed E-state index contributed by atoms with van der Waals surface area (Å²) in [5.74, 6) is 0. The van der Waals surface area contributed by atoms with Crippen molar-refractivity contribution in [1.82, 2.24) is 5.32 Å². The lowest BCUT2D eigenvalue weighted by Gasteiger charge is -2.14. The fourth-order valence-corrected chi connectivity index (χ4v) is 1.85. The zero-order valence-electron chi connectivity index (χ0n) is 10.1. The lowest BCUT2D eigenvalue weighted by molar-refractivity contribution is 0.168. The Balaban J connectivity index is 2.77. The van der Waals surface area contributed by atoms with Crippen molar-refractivity contribution in [3.05, 3.63) is 11.3 Å². The average Bonchev–Trinajstić information content (AvgIpc) is 2.77. The Morgan fingerprint density at radius 2 is 2.27 bits per heavy atom. The van der Waals surface area contributed by atoms with Gasteiger partial charge in [0.1, 0.15) is 0 Å². The van der Waals surface area contributed by atoms with Gasteiger partial charge in [0.2, 0.25) is 0 Å². The molecule has 0 spiro atoms. The van der Waals surface area contributed by atoms with Gasteiger partial charge in [0.05, 0.1) is 18.0 Å². The number of aliphatic imine (C=N–C) groups is 1. The van der Waals surface area contributed by atoms with Crippen molar-refractivity contribution in [2.75, 3.05) is 26.8 Å². The highest BCUT2D eigenvalue weighted by Crippen LogP contribution is 2.15. The van der Waals surface area contributed by atoms with Crippen LogP contribution < -0.4 is 5.32 Å². The van der Waals surface area contributed by atoms with Crippen molar-refractivity contribution in [3.8, 4) is 0 Å². The van der Waals surface area contributed by atoms with Crippen LogP contribution in [0.5, 0.6) is 0 Å². The molecule has 0 atom stereocenters. The molecule has 0 aliphatic carbocycles. The van der Waals surface area contributed by atoms with E-state index in [0.29, 0.717) is 0 Å². The van der Waals surface area contributed by atoms with E-state index < -0.39 is 0 Å². The molecule has 0 radical (unpaired) electrons. The van der Waals surface area contributed by atoms with Gasteiger partial charge in [-0.05, 0) is 31.8 Å². The van der Waals surface area contributed by atoms with Gasteiger partial charge in [-0.25, -0.2) is 0 Å². The summed E-state index contributed by atoms with van der Waals surface area (Å²) in [5.41, 5.74) is 3.78. The van der Waals surface area contributed by atoms with E-state index in [-0.39, 0.29) is 0 Å². The van der Waals surface area contributed by atoms with Gasteiger partial charge in [0.15, 0.2) is 0 Å². The zero-order chi connectivity index (χ0) is 11.1. The summed E-state index contributed by atoms with van der Waals surface area (Å²) in [6, 6.07) is 0. The maximum absolute atomic E-state index is 5.48. The van der Waals surface area contributed by atoms with Crippen molar-refractivity contribution in [3.63, 3.8) is 0 Å². The summed E-state index contributed by atoms with van der Waals surface area (Å²) in [5, 5.41) is 3.27. The van der Waals surface area contributed by atoms with Gasteiger partial charge in [0, 0.05) is 20.2 Å². The molecule has 0 saturated heterocycles. The summed E-state index contributed by atoms with van der Waals surface area (Å²) < 4.78 is 5.48. The van der Waals surface area contributed by atoms with Gasteiger partial charge in [-0.1, -0.05) is 6.92 Å². The van der Waals surface area contributed by atoms with Gasteiger partial charge in [-0.3, -0.25) is 4.99 Å². The minimum Gasteiger partial charge on any atom is -0.387 e. The highest BCUT2D eigenvalue weighted by atomic mass is 16.5. The molecule has 0 aromatic carbocycles. The minimum atomic E-state index is 0.724. The molecular formula is C12H22N2O. The third-order valence-electron chi connectivity index (χ3n) is 2.67. The Morgan fingerprint density at radius 1 is 1.47 bits per heavy atom. The predicted molar refractivity (Wildman–Crippen MR) is 64.4 cm³/mol. The van der Waals surface area contributed by atoms with Gasteiger partial charge in [-0.15, -0.1) is 0 Å². The number of hydrogen-bond donors (Lipinski definition) is 1. The van der Waals surface area contributed by atoms with E-state index in [0.717, 1.165) is 32.6 Å². The summed E-state index contributed by atoms with van der Waals surface area (Å²) in [4.78, 5) is 4.52. The maximum Gasteiger partial charge on any atom is 0.0699 e. The van der Waals surface area contributed by atoms with Crippen LogP contribution >= 0.6 is 0 Å². The number of nitrogens with one attached hydrogen (secondary N) is 1. The largest absolute Gasteiger partial charge is 0.387 e. The molecule has 1 aliphatic rings. The van der Waals surface area contributed by atoms with Crippen molar-refractivity contribution >= 4 is 5.71 Å². The third kappa shape index (κ3) is 3.34. The molecular weight excluding hydrogens is 188 g/mol. The van der Waals surface area contributed by atoms with E-state index in [1.807, 2.05) is 14.0 Å². The topological polar surface area (TPSA) is 33.6 Å². The first-order valence-electron chi connectivity index (χ1n) is 5.84. The molecule has 0 fully saturated rings. The van der Waals surface area contributed by atoms with E-state index in [1.54, 1.807) is 0 Å². The Morgan fingerprint density at radius 3 is 2.73 bits per heavy atom. The van der Waals surface area contributed by atoms with Crippen molar-refractivity contribution in [2.24, 2.45) is 4.99 Å². The SMILES string of the molecule is CCOC/C(CC)=C(/NC)C1=NCCC1. The zero-order valence-corrected chi connectivity index (χ0v) is 10.1. The Hall–Kier alpha value is -0.830. The predicted octanol–water partition coefficient (Wildman–Crippen LogP) is 2.14. The van der Waals surface area contributed by atoms with Crippen LogP contribution in [0.2, 0.25) is 0 Å². The molecule has 0 saturated carbocycles. The van der Waals surface area contributed by atoms with Gasteiger partial charge in [-0.2, -0.15) is 0 Å². The lowest BCUT2D eigenvalue weighted by Crippen LogP contribution is -2.19. The van der Waals surface area contributed by atoms with Crippen molar-refractivity contribution < 1.29 is 4.74 Å². The van der Waals surface area contributed by atoms with Crippen LogP contribution in [-0.4, -0.2) is 32.5 Å². The van der Waals surface area contributed by atoms with Gasteiger partial charge in [0.25, 0.3) is 0 Å². The first-order valence-corrected chi connectivity index (χ1v) is 5.84. The Labute approximate surface area is 92.6 Å². The van der Waals surface area contributed by atoms with Crippen LogP contribution in [0.25, 0.3) is 0 Å². The summed E-state index contributed by atoms with van der Waals surface area (Å²) in [6.07, 6.45) is 3.31. The van der Waals surface area contributed by atoms with Gasteiger partial charge < -0.3 is 10.1 Å². The number of hydrogen-bond acceptors (Lipinski definition) is 3. The summed E-state index contributed by atoms with van der Waals surface area (Å²) >= 11 is 0. The normalized spacial score (nSPS) is 17.4. The molecule has 15 heavy (non-hydrogen) atoms. The van der Waals surface area contributed by atoms with Crippen molar-refractivity contribution in [1.29, 1.82) is 0 Å². The number of ether oxygens (including phenoxy) is 1. The first-order chi connectivity index (χ1) is 7.33. The lowest BCUT2D eigenvalue weighted by atomic mass is 10.1. The molecule has 0 aromatic heterocycles. The quantitative estimate of drug-likeness (QED) is 0.728. The molecule has 0 unspecified atom stereocenters. The van der Waals surface area contributed by atoms with Crippen LogP contribution in [0, 0.1) is 0 Å². The van der Waals surface area contributed by atoms with Gasteiger partial charge >= 0.3 is 0 Å². The molecule has 0 aromatic rings. The second-order valence-corrected chi connectivity index (χ2v) is 3.65. The van der Waals surface area contributed by atoms with Crippen LogP contribution in [0.4, 0.5) is 0 Å². The monoisotopic (exact) mass is 210 g/mol. The minimum absolute atomic E-state index is 0.724.